The lowest BCUT2D eigenvalue weighted by molar-refractivity contribution is -0.120. The van der Waals surface area contributed by atoms with E-state index >= 15 is 0 Å². The third kappa shape index (κ3) is 4.63. The van der Waals surface area contributed by atoms with Gasteiger partial charge in [-0.25, -0.2) is 5.43 Å². The first kappa shape index (κ1) is 19.3. The van der Waals surface area contributed by atoms with Gasteiger partial charge in [0, 0.05) is 10.6 Å². The molecule has 0 unspecified atom stereocenters. The summed E-state index contributed by atoms with van der Waals surface area (Å²) in [4.78, 5) is 36.1. The van der Waals surface area contributed by atoms with Gasteiger partial charge in [-0.05, 0) is 37.3 Å². The molecule has 0 aliphatic rings. The van der Waals surface area contributed by atoms with Crippen LogP contribution < -0.4 is 16.2 Å². The summed E-state index contributed by atoms with van der Waals surface area (Å²) in [5.41, 5.74) is 3.95. The molecule has 142 valence electrons. The lowest BCUT2D eigenvalue weighted by Crippen LogP contribution is -2.35. The smallest absolute Gasteiger partial charge is 0.259 e. The lowest BCUT2D eigenvalue weighted by atomic mass is 10.1. The zero-order valence-electron chi connectivity index (χ0n) is 14.9. The van der Waals surface area contributed by atoms with E-state index < -0.39 is 5.91 Å². The first-order valence-corrected chi connectivity index (χ1v) is 8.69. The molecule has 3 aromatic rings. The van der Waals surface area contributed by atoms with Crippen LogP contribution in [-0.2, 0) is 4.79 Å². The summed E-state index contributed by atoms with van der Waals surface area (Å²) < 4.78 is 5.35. The lowest BCUT2D eigenvalue weighted by Gasteiger charge is -2.04. The Morgan fingerprint density at radius 1 is 1.18 bits per heavy atom. The van der Waals surface area contributed by atoms with Gasteiger partial charge in [0.1, 0.15) is 11.8 Å². The summed E-state index contributed by atoms with van der Waals surface area (Å²) in [5, 5.41) is 6.94. The second kappa shape index (κ2) is 8.49. The number of hydrazone groups is 1. The summed E-state index contributed by atoms with van der Waals surface area (Å²) in [5.74, 6) is -0.906. The van der Waals surface area contributed by atoms with Crippen molar-refractivity contribution in [2.75, 3.05) is 6.54 Å². The highest BCUT2D eigenvalue weighted by Gasteiger charge is 2.08. The van der Waals surface area contributed by atoms with E-state index in [4.69, 9.17) is 16.0 Å². The number of amides is 2. The molecule has 2 aromatic carbocycles. The number of benzene rings is 2. The predicted octanol–water partition coefficient (Wildman–Crippen LogP) is 2.63. The summed E-state index contributed by atoms with van der Waals surface area (Å²) in [6, 6.07) is 11.7. The van der Waals surface area contributed by atoms with Gasteiger partial charge in [-0.3, -0.25) is 14.4 Å². The molecule has 0 saturated heterocycles. The zero-order valence-corrected chi connectivity index (χ0v) is 15.6. The number of nitrogens with zero attached hydrogens (tertiary/aromatic N) is 1. The Morgan fingerprint density at radius 2 is 1.93 bits per heavy atom. The van der Waals surface area contributed by atoms with E-state index in [1.165, 1.54) is 18.5 Å². The number of carbonyl (C=O) groups is 2. The van der Waals surface area contributed by atoms with E-state index in [-0.39, 0.29) is 23.4 Å². The molecule has 1 heterocycles. The van der Waals surface area contributed by atoms with Crippen molar-refractivity contribution in [3.05, 3.63) is 80.7 Å². The second-order valence-electron chi connectivity index (χ2n) is 6.00. The van der Waals surface area contributed by atoms with E-state index in [1.807, 2.05) is 19.1 Å². The Bertz CT molecular complexity index is 1120. The number of aryl methyl sites for hydroxylation is 1. The molecule has 0 spiro atoms. The van der Waals surface area contributed by atoms with Gasteiger partial charge < -0.3 is 9.73 Å². The third-order valence-corrected chi connectivity index (χ3v) is 4.11. The van der Waals surface area contributed by atoms with Gasteiger partial charge in [0.05, 0.1) is 23.7 Å². The van der Waals surface area contributed by atoms with Crippen LogP contribution in [0.4, 0.5) is 0 Å². The molecule has 7 nitrogen and oxygen atoms in total. The van der Waals surface area contributed by atoms with Crippen LogP contribution >= 0.6 is 11.6 Å². The Labute approximate surface area is 165 Å². The number of carbonyl (C=O) groups excluding carboxylic acids is 2. The Morgan fingerprint density at radius 3 is 2.68 bits per heavy atom. The molecular weight excluding hydrogens is 382 g/mol. The highest BCUT2D eigenvalue weighted by Crippen LogP contribution is 2.16. The topological polar surface area (TPSA) is 101 Å². The summed E-state index contributed by atoms with van der Waals surface area (Å²) in [7, 11) is 0. The van der Waals surface area contributed by atoms with Crippen LogP contribution in [0, 0.1) is 6.92 Å². The molecule has 0 atom stereocenters. The molecule has 0 aliphatic carbocycles. The monoisotopic (exact) mass is 397 g/mol. The maximum atomic E-state index is 12.4. The minimum atomic E-state index is -0.537. The van der Waals surface area contributed by atoms with Crippen molar-refractivity contribution in [3.8, 4) is 0 Å². The molecule has 0 radical (unpaired) electrons. The second-order valence-corrected chi connectivity index (χ2v) is 6.44. The molecule has 2 N–H and O–H groups in total. The molecule has 1 aromatic heterocycles. The zero-order chi connectivity index (χ0) is 20.1. The van der Waals surface area contributed by atoms with Gasteiger partial charge in [-0.1, -0.05) is 29.3 Å². The summed E-state index contributed by atoms with van der Waals surface area (Å²) >= 11 is 5.90. The van der Waals surface area contributed by atoms with Crippen molar-refractivity contribution >= 4 is 40.6 Å². The first-order chi connectivity index (χ1) is 13.4. The summed E-state index contributed by atoms with van der Waals surface area (Å²) in [6.07, 6.45) is 2.42. The van der Waals surface area contributed by atoms with Crippen molar-refractivity contribution in [1.29, 1.82) is 0 Å². The minimum Gasteiger partial charge on any atom is -0.463 e. The fourth-order valence-electron chi connectivity index (χ4n) is 2.39. The average Bonchev–Trinajstić information content (AvgIpc) is 2.69. The minimum absolute atomic E-state index is 0.152. The number of fused-ring (bicyclic) bond motifs is 1. The van der Waals surface area contributed by atoms with E-state index in [9.17, 15) is 14.4 Å². The SMILES string of the molecule is Cc1ccc(C(=O)NCC(=O)N/N=C/c2coc3ccc(Cl)cc3c2=O)cc1. The Hall–Kier alpha value is -3.45. The number of nitrogens with one attached hydrogen (secondary N) is 2. The largest absolute Gasteiger partial charge is 0.463 e. The van der Waals surface area contributed by atoms with Crippen molar-refractivity contribution in [2.24, 2.45) is 5.10 Å². The van der Waals surface area contributed by atoms with Crippen LogP contribution in [0.2, 0.25) is 5.02 Å². The van der Waals surface area contributed by atoms with Gasteiger partial charge in [0.15, 0.2) is 0 Å². The molecule has 0 fully saturated rings. The molecule has 28 heavy (non-hydrogen) atoms. The van der Waals surface area contributed by atoms with E-state index in [1.54, 1.807) is 24.3 Å². The molecule has 8 heteroatoms. The number of hydrogen-bond donors (Lipinski definition) is 2. The quantitative estimate of drug-likeness (QED) is 0.510. The van der Waals surface area contributed by atoms with E-state index in [0.717, 1.165) is 5.56 Å². The van der Waals surface area contributed by atoms with Gasteiger partial charge in [0.25, 0.3) is 11.8 Å². The van der Waals surface area contributed by atoms with E-state index in [2.05, 4.69) is 15.8 Å². The van der Waals surface area contributed by atoms with Crippen LogP contribution in [0.3, 0.4) is 0 Å². The highest BCUT2D eigenvalue weighted by atomic mass is 35.5. The molecule has 2 amide bonds. The maximum Gasteiger partial charge on any atom is 0.259 e. The van der Waals surface area contributed by atoms with Crippen LogP contribution in [0.25, 0.3) is 11.0 Å². The Kier molecular flexibility index (Phi) is 5.86. The van der Waals surface area contributed by atoms with Crippen LogP contribution in [0.15, 0.2) is 63.0 Å². The van der Waals surface area contributed by atoms with Gasteiger partial charge in [0.2, 0.25) is 5.43 Å². The Balaban J connectivity index is 1.58. The normalized spacial score (nSPS) is 10.9. The van der Waals surface area contributed by atoms with Crippen LogP contribution in [-0.4, -0.2) is 24.6 Å². The molecule has 0 saturated carbocycles. The van der Waals surface area contributed by atoms with Gasteiger partial charge in [-0.2, -0.15) is 5.10 Å². The fourth-order valence-corrected chi connectivity index (χ4v) is 2.56. The molecule has 0 aliphatic heterocycles. The number of rotatable bonds is 5. The van der Waals surface area contributed by atoms with Crippen LogP contribution in [0.5, 0.6) is 0 Å². The number of hydrogen-bond acceptors (Lipinski definition) is 5. The predicted molar refractivity (Wildman–Crippen MR) is 107 cm³/mol. The molecule has 0 bridgehead atoms. The average molecular weight is 398 g/mol. The maximum absolute atomic E-state index is 12.4. The van der Waals surface area contributed by atoms with Crippen molar-refractivity contribution < 1.29 is 14.0 Å². The first-order valence-electron chi connectivity index (χ1n) is 8.32. The van der Waals surface area contributed by atoms with E-state index in [0.29, 0.717) is 21.6 Å². The van der Waals surface area contributed by atoms with Crippen molar-refractivity contribution in [1.82, 2.24) is 10.7 Å². The van der Waals surface area contributed by atoms with Gasteiger partial charge in [-0.15, -0.1) is 0 Å². The summed E-state index contributed by atoms with van der Waals surface area (Å²) in [6.45, 7) is 1.66. The van der Waals surface area contributed by atoms with Crippen molar-refractivity contribution in [2.45, 2.75) is 6.92 Å². The molecule has 3 rings (SSSR count). The standard InChI is InChI=1S/C20H16ClN3O4/c1-12-2-4-13(5-3-12)20(27)22-10-18(25)24-23-9-14-11-28-17-7-6-15(21)8-16(17)19(14)26/h2-9,11H,10H2,1H3,(H,22,27)(H,24,25)/b23-9+. The molecular formula is C20H16ClN3O4. The fraction of sp³-hybridized carbons (Fsp3) is 0.100. The third-order valence-electron chi connectivity index (χ3n) is 3.88. The number of halogens is 1. The van der Waals surface area contributed by atoms with Crippen LogP contribution in [0.1, 0.15) is 21.5 Å². The highest BCUT2D eigenvalue weighted by molar-refractivity contribution is 6.31. The van der Waals surface area contributed by atoms with Gasteiger partial charge >= 0.3 is 0 Å². The van der Waals surface area contributed by atoms with Crippen molar-refractivity contribution in [3.63, 3.8) is 0 Å².